The number of hydrogen-bond acceptors (Lipinski definition) is 5. The molecule has 3 aromatic heterocycles. The van der Waals surface area contributed by atoms with Crippen LogP contribution in [0, 0.1) is 13.8 Å². The van der Waals surface area contributed by atoms with Crippen molar-refractivity contribution in [1.82, 2.24) is 24.8 Å². The number of carbonyl (C=O) groups excluding carboxylic acids is 1. The predicted octanol–water partition coefficient (Wildman–Crippen LogP) is 3.85. The lowest BCUT2D eigenvalue weighted by Gasteiger charge is -2.32. The molecule has 0 radical (unpaired) electrons. The number of halogens is 3. The minimum Gasteiger partial charge on any atom is -0.342 e. The number of likely N-dealkylation sites (tertiary alicyclic amines) is 1. The molecule has 30 heavy (non-hydrogen) atoms. The SMILES string of the molecule is Cc1cc(C(F)(F)F)c2c([C@@H]3CCCN(C(=O)CCn4ccc(C)n4)C3)noc2n1. The number of alkyl halides is 3. The van der Waals surface area contributed by atoms with Crippen LogP contribution in [0.2, 0.25) is 0 Å². The molecule has 0 unspecified atom stereocenters. The number of pyridine rings is 1. The van der Waals surface area contributed by atoms with Crippen LogP contribution in [-0.2, 0) is 17.5 Å². The topological polar surface area (TPSA) is 77.0 Å². The van der Waals surface area contributed by atoms with Crippen LogP contribution in [0.25, 0.3) is 11.1 Å². The summed E-state index contributed by atoms with van der Waals surface area (Å²) in [6.45, 7) is 4.71. The summed E-state index contributed by atoms with van der Waals surface area (Å²) in [6.07, 6.45) is -1.13. The maximum Gasteiger partial charge on any atom is 0.417 e. The minimum atomic E-state index is -4.54. The summed E-state index contributed by atoms with van der Waals surface area (Å²) in [5, 5.41) is 8.10. The fraction of sp³-hybridized carbons (Fsp3) is 0.500. The van der Waals surface area contributed by atoms with Crippen molar-refractivity contribution in [3.63, 3.8) is 0 Å². The van der Waals surface area contributed by atoms with Crippen molar-refractivity contribution in [2.24, 2.45) is 0 Å². The number of piperidine rings is 1. The Morgan fingerprint density at radius 1 is 1.30 bits per heavy atom. The van der Waals surface area contributed by atoms with Gasteiger partial charge in [-0.3, -0.25) is 9.48 Å². The Bertz CT molecular complexity index is 1070. The Hall–Kier alpha value is -2.91. The number of nitrogens with zero attached hydrogens (tertiary/aromatic N) is 5. The van der Waals surface area contributed by atoms with Gasteiger partial charge in [0.05, 0.1) is 22.3 Å². The van der Waals surface area contributed by atoms with E-state index in [-0.39, 0.29) is 40.7 Å². The van der Waals surface area contributed by atoms with Gasteiger partial charge in [-0.2, -0.15) is 18.3 Å². The lowest BCUT2D eigenvalue weighted by Crippen LogP contribution is -2.39. The van der Waals surface area contributed by atoms with E-state index in [1.54, 1.807) is 9.58 Å². The molecular weight excluding hydrogens is 399 g/mol. The van der Waals surface area contributed by atoms with Crippen LogP contribution in [0.4, 0.5) is 13.2 Å². The van der Waals surface area contributed by atoms with Gasteiger partial charge >= 0.3 is 6.18 Å². The second kappa shape index (κ2) is 7.73. The zero-order valence-corrected chi connectivity index (χ0v) is 16.7. The van der Waals surface area contributed by atoms with Crippen LogP contribution in [0.3, 0.4) is 0 Å². The Morgan fingerprint density at radius 3 is 2.80 bits per heavy atom. The number of hydrogen-bond donors (Lipinski definition) is 0. The predicted molar refractivity (Wildman–Crippen MR) is 102 cm³/mol. The molecule has 0 spiro atoms. The molecule has 1 aliphatic rings. The molecular formula is C20H22F3N5O2. The summed E-state index contributed by atoms with van der Waals surface area (Å²) >= 11 is 0. The van der Waals surface area contributed by atoms with E-state index in [1.165, 1.54) is 6.92 Å². The van der Waals surface area contributed by atoms with Gasteiger partial charge in [-0.1, -0.05) is 5.16 Å². The highest BCUT2D eigenvalue weighted by Crippen LogP contribution is 2.40. The first-order valence-electron chi connectivity index (χ1n) is 9.84. The van der Waals surface area contributed by atoms with E-state index in [0.717, 1.165) is 11.8 Å². The maximum atomic E-state index is 13.6. The van der Waals surface area contributed by atoms with Gasteiger partial charge in [0.2, 0.25) is 5.91 Å². The summed E-state index contributed by atoms with van der Waals surface area (Å²) in [6, 6.07) is 2.88. The lowest BCUT2D eigenvalue weighted by atomic mass is 9.91. The van der Waals surface area contributed by atoms with Gasteiger partial charge in [-0.15, -0.1) is 0 Å². The molecule has 1 amide bonds. The number of aromatic nitrogens is 4. The fourth-order valence-electron chi connectivity index (χ4n) is 3.98. The van der Waals surface area contributed by atoms with Crippen molar-refractivity contribution in [2.75, 3.05) is 13.1 Å². The van der Waals surface area contributed by atoms with Gasteiger partial charge in [0, 0.05) is 43.9 Å². The van der Waals surface area contributed by atoms with E-state index in [0.29, 0.717) is 32.5 Å². The Kier molecular flexibility index (Phi) is 5.25. The molecule has 0 saturated carbocycles. The van der Waals surface area contributed by atoms with Gasteiger partial charge in [-0.25, -0.2) is 4.98 Å². The maximum absolute atomic E-state index is 13.6. The molecule has 0 aliphatic carbocycles. The van der Waals surface area contributed by atoms with E-state index in [1.807, 2.05) is 19.2 Å². The van der Waals surface area contributed by atoms with Crippen molar-refractivity contribution < 1.29 is 22.5 Å². The first kappa shape index (κ1) is 20.4. The fourth-order valence-corrected chi connectivity index (χ4v) is 3.98. The second-order valence-corrected chi connectivity index (χ2v) is 7.71. The molecule has 0 bridgehead atoms. The third-order valence-corrected chi connectivity index (χ3v) is 5.40. The number of fused-ring (bicyclic) bond motifs is 1. The van der Waals surface area contributed by atoms with Gasteiger partial charge in [0.1, 0.15) is 0 Å². The molecule has 160 valence electrons. The van der Waals surface area contributed by atoms with Gasteiger partial charge in [-0.05, 0) is 38.8 Å². The highest BCUT2D eigenvalue weighted by atomic mass is 19.4. The van der Waals surface area contributed by atoms with Gasteiger partial charge in [0.25, 0.3) is 5.71 Å². The van der Waals surface area contributed by atoms with E-state index in [9.17, 15) is 18.0 Å². The van der Waals surface area contributed by atoms with E-state index >= 15 is 0 Å². The molecule has 4 rings (SSSR count). The normalized spacial score (nSPS) is 17.6. The molecule has 10 heteroatoms. The third kappa shape index (κ3) is 4.03. The first-order valence-corrected chi connectivity index (χ1v) is 9.84. The van der Waals surface area contributed by atoms with Crippen LogP contribution < -0.4 is 0 Å². The molecule has 7 nitrogen and oxygen atoms in total. The molecule has 1 aliphatic heterocycles. The number of aryl methyl sites for hydroxylation is 3. The van der Waals surface area contributed by atoms with E-state index < -0.39 is 11.7 Å². The smallest absolute Gasteiger partial charge is 0.342 e. The molecule has 0 aromatic carbocycles. The Balaban J connectivity index is 1.54. The van der Waals surface area contributed by atoms with Crippen molar-refractivity contribution >= 4 is 17.0 Å². The largest absolute Gasteiger partial charge is 0.417 e. The molecule has 1 fully saturated rings. The van der Waals surface area contributed by atoms with Crippen LogP contribution in [0.1, 0.15) is 47.8 Å². The first-order chi connectivity index (χ1) is 14.2. The summed E-state index contributed by atoms with van der Waals surface area (Å²) in [4.78, 5) is 18.4. The van der Waals surface area contributed by atoms with Crippen LogP contribution >= 0.6 is 0 Å². The lowest BCUT2D eigenvalue weighted by molar-refractivity contribution is -0.136. The second-order valence-electron chi connectivity index (χ2n) is 7.71. The van der Waals surface area contributed by atoms with Crippen molar-refractivity contribution in [1.29, 1.82) is 0 Å². The van der Waals surface area contributed by atoms with Crippen LogP contribution in [-0.4, -0.2) is 43.8 Å². The molecule has 1 saturated heterocycles. The summed E-state index contributed by atoms with van der Waals surface area (Å²) in [5.74, 6) is -0.382. The highest BCUT2D eigenvalue weighted by Gasteiger charge is 2.38. The van der Waals surface area contributed by atoms with Crippen LogP contribution in [0.5, 0.6) is 0 Å². The van der Waals surface area contributed by atoms with Crippen molar-refractivity contribution in [2.45, 2.75) is 51.7 Å². The van der Waals surface area contributed by atoms with E-state index in [2.05, 4.69) is 15.2 Å². The average Bonchev–Trinajstić information content (AvgIpc) is 3.30. The monoisotopic (exact) mass is 421 g/mol. The van der Waals surface area contributed by atoms with Gasteiger partial charge in [0.15, 0.2) is 0 Å². The highest BCUT2D eigenvalue weighted by molar-refractivity contribution is 5.82. The van der Waals surface area contributed by atoms with Crippen molar-refractivity contribution in [3.05, 3.63) is 41.0 Å². The number of rotatable bonds is 4. The van der Waals surface area contributed by atoms with E-state index in [4.69, 9.17) is 4.52 Å². The number of carbonyl (C=O) groups is 1. The van der Waals surface area contributed by atoms with Gasteiger partial charge < -0.3 is 9.42 Å². The molecule has 1 atom stereocenters. The summed E-state index contributed by atoms with van der Waals surface area (Å²) < 4.78 is 47.7. The average molecular weight is 421 g/mol. The van der Waals surface area contributed by atoms with Crippen molar-refractivity contribution in [3.8, 4) is 0 Å². The summed E-state index contributed by atoms with van der Waals surface area (Å²) in [7, 11) is 0. The van der Waals surface area contributed by atoms with Crippen LogP contribution in [0.15, 0.2) is 22.9 Å². The minimum absolute atomic E-state index is 0.0503. The molecule has 3 aromatic rings. The quantitative estimate of drug-likeness (QED) is 0.640. The standard InChI is InChI=1S/C20H22F3N5O2/c1-12-5-8-28(25-12)9-6-16(29)27-7-3-4-14(11-27)18-17-15(20(21,22)23)10-13(2)24-19(17)30-26-18/h5,8,10,14H,3-4,6-7,9,11H2,1-2H3/t14-/m1/s1. The summed E-state index contributed by atoms with van der Waals surface area (Å²) in [5.41, 5.74) is 0.410. The Labute approximate surface area is 170 Å². The zero-order chi connectivity index (χ0) is 21.5. The Morgan fingerprint density at radius 2 is 2.10 bits per heavy atom. The molecule has 0 N–H and O–H groups in total. The zero-order valence-electron chi connectivity index (χ0n) is 16.7. The number of amides is 1. The third-order valence-electron chi connectivity index (χ3n) is 5.40. The molecule has 4 heterocycles.